The van der Waals surface area contributed by atoms with Crippen LogP contribution in [0.4, 0.5) is 0 Å². The molecule has 0 saturated heterocycles. The molecule has 1 saturated carbocycles. The van der Waals surface area contributed by atoms with Gasteiger partial charge in [-0.1, -0.05) is 43.5 Å². The fraction of sp³-hybridized carbons (Fsp3) is 0.600. The lowest BCUT2D eigenvalue weighted by Crippen LogP contribution is -2.35. The van der Waals surface area contributed by atoms with Gasteiger partial charge in [-0.15, -0.1) is 0 Å². The predicted octanol–water partition coefficient (Wildman–Crippen LogP) is 2.63. The molecule has 0 atom stereocenters. The van der Waals surface area contributed by atoms with Crippen molar-refractivity contribution in [2.75, 3.05) is 14.1 Å². The topological polar surface area (TPSA) is 49.4 Å². The predicted molar refractivity (Wildman–Crippen MR) is 81.7 cm³/mol. The average molecular weight is 296 g/mol. The van der Waals surface area contributed by atoms with Gasteiger partial charge in [-0.25, -0.2) is 0 Å². The van der Waals surface area contributed by atoms with E-state index >= 15 is 0 Å². The molecule has 0 bridgehead atoms. The third kappa shape index (κ3) is 4.04. The fourth-order valence-corrected chi connectivity index (χ4v) is 3.25. The van der Waals surface area contributed by atoms with Crippen molar-refractivity contribution < 1.29 is 8.42 Å². The third-order valence-corrected chi connectivity index (χ3v) is 5.47. The third-order valence-electron chi connectivity index (χ3n) is 4.00. The van der Waals surface area contributed by atoms with E-state index in [4.69, 9.17) is 0 Å². The summed E-state index contributed by atoms with van der Waals surface area (Å²) in [5.41, 5.74) is 2.39. The van der Waals surface area contributed by atoms with Crippen LogP contribution in [0.2, 0.25) is 0 Å². The summed E-state index contributed by atoms with van der Waals surface area (Å²) in [4.78, 5) is 0. The first-order valence-corrected chi connectivity index (χ1v) is 8.69. The van der Waals surface area contributed by atoms with Crippen LogP contribution in [0.3, 0.4) is 0 Å². The lowest BCUT2D eigenvalue weighted by Gasteiger charge is -2.22. The lowest BCUT2D eigenvalue weighted by molar-refractivity contribution is 0.443. The molecule has 1 aromatic rings. The molecule has 0 radical (unpaired) electrons. The number of hydrogen-bond donors (Lipinski definition) is 1. The summed E-state index contributed by atoms with van der Waals surface area (Å²) in [6, 6.07) is 8.36. The monoisotopic (exact) mass is 296 g/mol. The minimum atomic E-state index is -3.34. The van der Waals surface area contributed by atoms with E-state index in [2.05, 4.69) is 16.9 Å². The van der Waals surface area contributed by atoms with Crippen molar-refractivity contribution in [2.24, 2.45) is 0 Å². The highest BCUT2D eigenvalue weighted by Crippen LogP contribution is 2.32. The number of nitrogens with one attached hydrogen (secondary N) is 1. The van der Waals surface area contributed by atoms with Gasteiger partial charge in [0.2, 0.25) is 0 Å². The van der Waals surface area contributed by atoms with E-state index < -0.39 is 10.2 Å². The largest absolute Gasteiger partial charge is 0.279 e. The number of rotatable bonds is 5. The van der Waals surface area contributed by atoms with Crippen LogP contribution in [-0.4, -0.2) is 26.8 Å². The second-order valence-electron chi connectivity index (χ2n) is 5.69. The van der Waals surface area contributed by atoms with E-state index in [0.717, 1.165) is 5.56 Å². The van der Waals surface area contributed by atoms with Gasteiger partial charge in [0.15, 0.2) is 0 Å². The zero-order valence-electron chi connectivity index (χ0n) is 12.3. The van der Waals surface area contributed by atoms with Crippen LogP contribution < -0.4 is 4.72 Å². The Hall–Kier alpha value is -0.910. The van der Waals surface area contributed by atoms with Crippen LogP contribution in [0.25, 0.3) is 0 Å². The summed E-state index contributed by atoms with van der Waals surface area (Å²) in [5.74, 6) is 0.691. The maximum absolute atomic E-state index is 11.6. The molecule has 1 aliphatic carbocycles. The number of benzene rings is 1. The van der Waals surface area contributed by atoms with Crippen LogP contribution in [0.15, 0.2) is 24.3 Å². The van der Waals surface area contributed by atoms with Gasteiger partial charge in [-0.2, -0.15) is 17.4 Å². The maximum Gasteiger partial charge on any atom is 0.279 e. The van der Waals surface area contributed by atoms with Crippen LogP contribution in [0.5, 0.6) is 0 Å². The molecule has 1 aliphatic rings. The van der Waals surface area contributed by atoms with Gasteiger partial charge >= 0.3 is 0 Å². The number of nitrogens with zero attached hydrogens (tertiary/aromatic N) is 1. The molecule has 0 spiro atoms. The van der Waals surface area contributed by atoms with Gasteiger partial charge in [-0.3, -0.25) is 0 Å². The van der Waals surface area contributed by atoms with Crippen molar-refractivity contribution in [3.63, 3.8) is 0 Å². The van der Waals surface area contributed by atoms with Gasteiger partial charge in [0.05, 0.1) is 0 Å². The van der Waals surface area contributed by atoms with E-state index in [9.17, 15) is 8.42 Å². The van der Waals surface area contributed by atoms with Crippen LogP contribution in [0, 0.1) is 0 Å². The summed E-state index contributed by atoms with van der Waals surface area (Å²) in [5, 5.41) is 0. The van der Waals surface area contributed by atoms with Crippen LogP contribution in [0.1, 0.15) is 49.1 Å². The molecule has 1 N–H and O–H groups in total. The van der Waals surface area contributed by atoms with Crippen LogP contribution >= 0.6 is 0 Å². The zero-order chi connectivity index (χ0) is 14.6. The van der Waals surface area contributed by atoms with E-state index in [1.165, 1.54) is 56.1 Å². The molecule has 5 heteroatoms. The second kappa shape index (κ2) is 6.70. The average Bonchev–Trinajstić information content (AvgIpc) is 2.46. The summed E-state index contributed by atoms with van der Waals surface area (Å²) in [7, 11) is -0.299. The van der Waals surface area contributed by atoms with E-state index in [1.807, 2.05) is 12.1 Å². The molecule has 1 aromatic carbocycles. The van der Waals surface area contributed by atoms with Crippen molar-refractivity contribution >= 4 is 10.2 Å². The molecular weight excluding hydrogens is 272 g/mol. The summed E-state index contributed by atoms with van der Waals surface area (Å²) < 4.78 is 27.0. The Balaban J connectivity index is 1.94. The highest BCUT2D eigenvalue weighted by Gasteiger charge is 2.15. The Morgan fingerprint density at radius 2 is 1.70 bits per heavy atom. The normalized spacial score (nSPS) is 17.6. The standard InChI is InChI=1S/C15H24N2O2S/c1-17(2)20(18,19)16-12-13-8-10-15(11-9-13)14-6-4-3-5-7-14/h8-11,14,16H,3-7,12H2,1-2H3. The molecule has 0 aromatic heterocycles. The van der Waals surface area contributed by atoms with E-state index in [1.54, 1.807) is 0 Å². The van der Waals surface area contributed by atoms with E-state index in [0.29, 0.717) is 12.5 Å². The molecule has 0 amide bonds. The number of hydrogen-bond acceptors (Lipinski definition) is 2. The summed E-state index contributed by atoms with van der Waals surface area (Å²) in [6.07, 6.45) is 6.59. The molecule has 0 heterocycles. The van der Waals surface area contributed by atoms with Crippen LogP contribution in [-0.2, 0) is 16.8 Å². The van der Waals surface area contributed by atoms with E-state index in [-0.39, 0.29) is 0 Å². The lowest BCUT2D eigenvalue weighted by atomic mass is 9.84. The first-order chi connectivity index (χ1) is 9.49. The summed E-state index contributed by atoms with van der Waals surface area (Å²) in [6.45, 7) is 0.339. The van der Waals surface area contributed by atoms with Crippen molar-refractivity contribution in [3.8, 4) is 0 Å². The van der Waals surface area contributed by atoms with Gasteiger partial charge in [0.25, 0.3) is 10.2 Å². The maximum atomic E-state index is 11.6. The molecule has 0 unspecified atom stereocenters. The highest BCUT2D eigenvalue weighted by atomic mass is 32.2. The van der Waals surface area contributed by atoms with Gasteiger partial charge in [0, 0.05) is 20.6 Å². The summed E-state index contributed by atoms with van der Waals surface area (Å²) >= 11 is 0. The quantitative estimate of drug-likeness (QED) is 0.908. The molecule has 20 heavy (non-hydrogen) atoms. The van der Waals surface area contributed by atoms with Crippen molar-refractivity contribution in [1.82, 2.24) is 9.03 Å². The van der Waals surface area contributed by atoms with Crippen molar-refractivity contribution in [2.45, 2.75) is 44.6 Å². The smallest absolute Gasteiger partial charge is 0.198 e. The second-order valence-corrected chi connectivity index (χ2v) is 7.65. The Labute approximate surface area is 122 Å². The Kier molecular flexibility index (Phi) is 5.18. The molecule has 1 fully saturated rings. The molecule has 2 rings (SSSR count). The van der Waals surface area contributed by atoms with Crippen molar-refractivity contribution in [1.29, 1.82) is 0 Å². The molecular formula is C15H24N2O2S. The SMILES string of the molecule is CN(C)S(=O)(=O)NCc1ccc(C2CCCCC2)cc1. The fourth-order valence-electron chi connectivity index (χ4n) is 2.65. The highest BCUT2D eigenvalue weighted by molar-refractivity contribution is 7.87. The minimum absolute atomic E-state index is 0.339. The molecule has 0 aliphatic heterocycles. The first-order valence-electron chi connectivity index (χ1n) is 7.25. The zero-order valence-corrected chi connectivity index (χ0v) is 13.1. The van der Waals surface area contributed by atoms with Crippen molar-refractivity contribution in [3.05, 3.63) is 35.4 Å². The Bertz CT molecular complexity index is 517. The molecule has 4 nitrogen and oxygen atoms in total. The van der Waals surface area contributed by atoms with Gasteiger partial charge < -0.3 is 0 Å². The van der Waals surface area contributed by atoms with Gasteiger partial charge in [0.1, 0.15) is 0 Å². The minimum Gasteiger partial charge on any atom is -0.198 e. The van der Waals surface area contributed by atoms with Gasteiger partial charge in [-0.05, 0) is 29.9 Å². The Morgan fingerprint density at radius 1 is 1.10 bits per heavy atom. The molecule has 112 valence electrons. The Morgan fingerprint density at radius 3 is 2.25 bits per heavy atom. The first kappa shape index (κ1) is 15.5.